The van der Waals surface area contributed by atoms with Gasteiger partial charge >= 0.3 is 0 Å². The fourth-order valence-electron chi connectivity index (χ4n) is 1.03. The lowest BCUT2D eigenvalue weighted by Crippen LogP contribution is -2.07. The zero-order valence-electron chi connectivity index (χ0n) is 8.44. The molecule has 1 aromatic rings. The Bertz CT molecular complexity index is 279. The van der Waals surface area contributed by atoms with Gasteiger partial charge < -0.3 is 10.5 Å². The first-order valence-corrected chi connectivity index (χ1v) is 4.73. The van der Waals surface area contributed by atoms with E-state index in [2.05, 4.69) is 4.99 Å². The average molecular weight is 192 g/mol. The molecule has 0 aliphatic heterocycles. The van der Waals surface area contributed by atoms with E-state index in [0.29, 0.717) is 12.4 Å². The van der Waals surface area contributed by atoms with Gasteiger partial charge in [0.05, 0.1) is 12.4 Å². The molecule has 0 radical (unpaired) electrons. The third-order valence-corrected chi connectivity index (χ3v) is 1.68. The molecule has 3 heteroatoms. The molecule has 0 aliphatic rings. The van der Waals surface area contributed by atoms with E-state index in [-0.39, 0.29) is 0 Å². The normalized spacial score (nSPS) is 11.4. The minimum absolute atomic E-state index is 0.629. The molecule has 0 bridgehead atoms. The average Bonchev–Trinajstić information content (AvgIpc) is 2.18. The van der Waals surface area contributed by atoms with Crippen LogP contribution in [0.15, 0.2) is 35.3 Å². The van der Waals surface area contributed by atoms with Crippen LogP contribution in [0.3, 0.4) is 0 Å². The maximum Gasteiger partial charge on any atom is 0.119 e. The molecule has 0 atom stereocenters. The van der Waals surface area contributed by atoms with Crippen molar-refractivity contribution >= 4 is 5.84 Å². The van der Waals surface area contributed by atoms with Crippen LogP contribution >= 0.6 is 0 Å². The van der Waals surface area contributed by atoms with Crippen LogP contribution in [0.25, 0.3) is 0 Å². The molecular formula is C11H16N2O. The fourth-order valence-corrected chi connectivity index (χ4v) is 1.03. The lowest BCUT2D eigenvalue weighted by molar-refractivity contribution is 0.313. The summed E-state index contributed by atoms with van der Waals surface area (Å²) in [5.74, 6) is 1.53. The van der Waals surface area contributed by atoms with Gasteiger partial charge in [-0.25, -0.2) is 0 Å². The number of nitrogens with two attached hydrogens (primary N) is 1. The second-order valence-corrected chi connectivity index (χ2v) is 3.04. The van der Waals surface area contributed by atoms with Gasteiger partial charge in [0.2, 0.25) is 0 Å². The highest BCUT2D eigenvalue weighted by molar-refractivity contribution is 5.77. The van der Waals surface area contributed by atoms with E-state index in [1.54, 1.807) is 6.92 Å². The maximum absolute atomic E-state index is 5.48. The zero-order chi connectivity index (χ0) is 10.2. The second kappa shape index (κ2) is 6.02. The minimum Gasteiger partial charge on any atom is -0.494 e. The first-order chi connectivity index (χ1) is 6.79. The summed E-state index contributed by atoms with van der Waals surface area (Å²) in [7, 11) is 0. The van der Waals surface area contributed by atoms with E-state index in [9.17, 15) is 0 Å². The highest BCUT2D eigenvalue weighted by atomic mass is 16.5. The third kappa shape index (κ3) is 4.50. The van der Waals surface area contributed by atoms with Gasteiger partial charge in [0.1, 0.15) is 5.75 Å². The Hall–Kier alpha value is -1.51. The van der Waals surface area contributed by atoms with Gasteiger partial charge in [-0.3, -0.25) is 4.99 Å². The number of aliphatic imine (C=N–C) groups is 1. The van der Waals surface area contributed by atoms with Crippen LogP contribution in [0.4, 0.5) is 0 Å². The zero-order valence-corrected chi connectivity index (χ0v) is 8.44. The van der Waals surface area contributed by atoms with Crippen molar-refractivity contribution < 1.29 is 4.74 Å². The summed E-state index contributed by atoms with van der Waals surface area (Å²) in [6, 6.07) is 9.76. The summed E-state index contributed by atoms with van der Waals surface area (Å²) in [5, 5.41) is 0. The number of amidine groups is 1. The number of rotatable bonds is 5. The van der Waals surface area contributed by atoms with Gasteiger partial charge in [-0.1, -0.05) is 18.2 Å². The van der Waals surface area contributed by atoms with Gasteiger partial charge in [-0.05, 0) is 19.1 Å². The van der Waals surface area contributed by atoms with Crippen molar-refractivity contribution in [2.75, 3.05) is 13.2 Å². The van der Waals surface area contributed by atoms with Crippen molar-refractivity contribution in [2.24, 2.45) is 10.7 Å². The van der Waals surface area contributed by atoms with Gasteiger partial charge in [-0.15, -0.1) is 0 Å². The Morgan fingerprint density at radius 2 is 2.07 bits per heavy atom. The number of ether oxygens (including phenoxy) is 1. The van der Waals surface area contributed by atoms with Crippen molar-refractivity contribution in [1.29, 1.82) is 0 Å². The third-order valence-electron chi connectivity index (χ3n) is 1.68. The molecule has 76 valence electrons. The molecule has 0 aromatic heterocycles. The molecule has 0 saturated carbocycles. The standard InChI is InChI=1S/C11H16N2O/c1-10(12)13-8-5-9-14-11-6-3-2-4-7-11/h2-4,6-7H,5,8-9H2,1H3,(H2,12,13). The largest absolute Gasteiger partial charge is 0.494 e. The molecule has 0 aliphatic carbocycles. The van der Waals surface area contributed by atoms with Crippen LogP contribution in [0.5, 0.6) is 5.75 Å². The summed E-state index contributed by atoms with van der Waals surface area (Å²) < 4.78 is 5.48. The van der Waals surface area contributed by atoms with Crippen molar-refractivity contribution in [1.82, 2.24) is 0 Å². The lowest BCUT2D eigenvalue weighted by atomic mass is 10.3. The molecule has 0 amide bonds. The Labute approximate surface area is 84.6 Å². The predicted molar refractivity (Wildman–Crippen MR) is 58.7 cm³/mol. The number of hydrogen-bond donors (Lipinski definition) is 1. The monoisotopic (exact) mass is 192 g/mol. The smallest absolute Gasteiger partial charge is 0.119 e. The van der Waals surface area contributed by atoms with E-state index in [1.165, 1.54) is 0 Å². The van der Waals surface area contributed by atoms with E-state index in [1.807, 2.05) is 30.3 Å². The topological polar surface area (TPSA) is 47.6 Å². The Kier molecular flexibility index (Phi) is 4.55. The SMILES string of the molecule is CC(N)=NCCCOc1ccccc1. The number of hydrogen-bond acceptors (Lipinski definition) is 2. The Morgan fingerprint density at radius 1 is 1.36 bits per heavy atom. The van der Waals surface area contributed by atoms with Crippen molar-refractivity contribution in [2.45, 2.75) is 13.3 Å². The van der Waals surface area contributed by atoms with Gasteiger partial charge in [0.25, 0.3) is 0 Å². The van der Waals surface area contributed by atoms with Crippen LogP contribution in [0, 0.1) is 0 Å². The molecule has 0 saturated heterocycles. The summed E-state index contributed by atoms with van der Waals surface area (Å²) >= 11 is 0. The lowest BCUT2D eigenvalue weighted by Gasteiger charge is -2.03. The first kappa shape index (κ1) is 10.6. The van der Waals surface area contributed by atoms with Crippen molar-refractivity contribution in [3.05, 3.63) is 30.3 Å². The van der Waals surface area contributed by atoms with Crippen LogP contribution in [-0.2, 0) is 0 Å². The van der Waals surface area contributed by atoms with Crippen LogP contribution in [0.1, 0.15) is 13.3 Å². The second-order valence-electron chi connectivity index (χ2n) is 3.04. The minimum atomic E-state index is 0.629. The van der Waals surface area contributed by atoms with Gasteiger partial charge in [0, 0.05) is 13.0 Å². The summed E-state index contributed by atoms with van der Waals surface area (Å²) in [4.78, 5) is 4.07. The molecule has 1 rings (SSSR count). The molecular weight excluding hydrogens is 176 g/mol. The highest BCUT2D eigenvalue weighted by Gasteiger charge is 1.90. The molecule has 0 spiro atoms. The van der Waals surface area contributed by atoms with E-state index >= 15 is 0 Å². The van der Waals surface area contributed by atoms with Crippen molar-refractivity contribution in [3.8, 4) is 5.75 Å². The van der Waals surface area contributed by atoms with E-state index < -0.39 is 0 Å². The Balaban J connectivity index is 2.14. The molecule has 3 nitrogen and oxygen atoms in total. The molecule has 2 N–H and O–H groups in total. The molecule has 0 fully saturated rings. The fraction of sp³-hybridized carbons (Fsp3) is 0.364. The van der Waals surface area contributed by atoms with Gasteiger partial charge in [-0.2, -0.15) is 0 Å². The maximum atomic E-state index is 5.48. The summed E-state index contributed by atoms with van der Waals surface area (Å²) in [6.07, 6.45) is 0.892. The number of para-hydroxylation sites is 1. The summed E-state index contributed by atoms with van der Waals surface area (Å²) in [6.45, 7) is 3.20. The summed E-state index contributed by atoms with van der Waals surface area (Å²) in [5.41, 5.74) is 5.39. The van der Waals surface area contributed by atoms with Crippen LogP contribution in [0.2, 0.25) is 0 Å². The van der Waals surface area contributed by atoms with E-state index in [4.69, 9.17) is 10.5 Å². The molecule has 0 heterocycles. The van der Waals surface area contributed by atoms with Gasteiger partial charge in [0.15, 0.2) is 0 Å². The van der Waals surface area contributed by atoms with E-state index in [0.717, 1.165) is 18.7 Å². The number of nitrogens with zero attached hydrogens (tertiary/aromatic N) is 1. The molecule has 1 aromatic carbocycles. The van der Waals surface area contributed by atoms with Crippen molar-refractivity contribution in [3.63, 3.8) is 0 Å². The highest BCUT2D eigenvalue weighted by Crippen LogP contribution is 2.08. The Morgan fingerprint density at radius 3 is 2.71 bits per heavy atom. The van der Waals surface area contributed by atoms with Crippen LogP contribution < -0.4 is 10.5 Å². The first-order valence-electron chi connectivity index (χ1n) is 4.73. The molecule has 14 heavy (non-hydrogen) atoms. The van der Waals surface area contributed by atoms with Crippen LogP contribution in [-0.4, -0.2) is 19.0 Å². The molecule has 0 unspecified atom stereocenters. The number of benzene rings is 1. The predicted octanol–water partition coefficient (Wildman–Crippen LogP) is 1.83. The quantitative estimate of drug-likeness (QED) is 0.439.